The molecule has 0 aromatic heterocycles. The standard InChI is InChI=1S/C18H28N2O4S/c1-18(2,3)24-17(21)13-14-9-11-20(12-10-14)15-5-7-16(8-6-15)25(22,23)19-4/h5-8,14,19H,9-13H2,1-4H3. The molecule has 2 rings (SSSR count). The predicted molar refractivity (Wildman–Crippen MR) is 98.1 cm³/mol. The van der Waals surface area contributed by atoms with Gasteiger partial charge in [-0.2, -0.15) is 0 Å². The number of carbonyl (C=O) groups is 1. The monoisotopic (exact) mass is 368 g/mol. The highest BCUT2D eigenvalue weighted by molar-refractivity contribution is 7.89. The van der Waals surface area contributed by atoms with E-state index in [9.17, 15) is 13.2 Å². The third kappa shape index (κ3) is 5.71. The van der Waals surface area contributed by atoms with Gasteiger partial charge in [-0.3, -0.25) is 4.79 Å². The average Bonchev–Trinajstić information content (AvgIpc) is 2.54. The summed E-state index contributed by atoms with van der Waals surface area (Å²) in [5, 5.41) is 0. The van der Waals surface area contributed by atoms with Gasteiger partial charge in [0.1, 0.15) is 5.60 Å². The van der Waals surface area contributed by atoms with Crippen molar-refractivity contribution in [2.45, 2.75) is 50.5 Å². The average molecular weight is 368 g/mol. The molecule has 0 bridgehead atoms. The maximum atomic E-state index is 11.9. The van der Waals surface area contributed by atoms with Crippen molar-refractivity contribution in [2.75, 3.05) is 25.0 Å². The SMILES string of the molecule is CNS(=O)(=O)c1ccc(N2CCC(CC(=O)OC(C)(C)C)CC2)cc1. The number of esters is 1. The fourth-order valence-electron chi connectivity index (χ4n) is 2.97. The van der Waals surface area contributed by atoms with Gasteiger partial charge in [0.15, 0.2) is 0 Å². The number of nitrogens with one attached hydrogen (secondary N) is 1. The number of rotatable bonds is 5. The Hall–Kier alpha value is -1.60. The molecule has 1 N–H and O–H groups in total. The molecule has 1 aliphatic heterocycles. The van der Waals surface area contributed by atoms with E-state index in [0.717, 1.165) is 31.6 Å². The summed E-state index contributed by atoms with van der Waals surface area (Å²) in [5.41, 5.74) is 0.568. The van der Waals surface area contributed by atoms with Gasteiger partial charge in [-0.25, -0.2) is 13.1 Å². The molecule has 6 nitrogen and oxygen atoms in total. The van der Waals surface area contributed by atoms with E-state index in [1.807, 2.05) is 32.9 Å². The number of anilines is 1. The molecule has 1 saturated heterocycles. The van der Waals surface area contributed by atoms with Crippen molar-refractivity contribution in [2.24, 2.45) is 5.92 Å². The number of sulfonamides is 1. The minimum Gasteiger partial charge on any atom is -0.460 e. The number of ether oxygens (including phenoxy) is 1. The van der Waals surface area contributed by atoms with Crippen LogP contribution in [0, 0.1) is 5.92 Å². The maximum Gasteiger partial charge on any atom is 0.306 e. The van der Waals surface area contributed by atoms with Gasteiger partial charge in [0.05, 0.1) is 4.90 Å². The lowest BCUT2D eigenvalue weighted by Gasteiger charge is -2.33. The third-order valence-corrected chi connectivity index (χ3v) is 5.70. The van der Waals surface area contributed by atoms with Crippen molar-refractivity contribution < 1.29 is 17.9 Å². The zero-order chi connectivity index (χ0) is 18.7. The van der Waals surface area contributed by atoms with Crippen LogP contribution < -0.4 is 9.62 Å². The van der Waals surface area contributed by atoms with Crippen molar-refractivity contribution in [1.29, 1.82) is 0 Å². The van der Waals surface area contributed by atoms with E-state index in [0.29, 0.717) is 12.3 Å². The molecule has 1 aliphatic rings. The zero-order valence-corrected chi connectivity index (χ0v) is 16.2. The topological polar surface area (TPSA) is 75.7 Å². The minimum absolute atomic E-state index is 0.132. The van der Waals surface area contributed by atoms with E-state index >= 15 is 0 Å². The third-order valence-electron chi connectivity index (χ3n) is 4.27. The lowest BCUT2D eigenvalue weighted by Crippen LogP contribution is -2.35. The van der Waals surface area contributed by atoms with Gasteiger partial charge in [0.2, 0.25) is 10.0 Å². The molecule has 7 heteroatoms. The highest BCUT2D eigenvalue weighted by atomic mass is 32.2. The molecule has 0 amide bonds. The van der Waals surface area contributed by atoms with Gasteiger partial charge in [-0.15, -0.1) is 0 Å². The van der Waals surface area contributed by atoms with E-state index in [2.05, 4.69) is 9.62 Å². The van der Waals surface area contributed by atoms with Crippen LogP contribution in [0.3, 0.4) is 0 Å². The van der Waals surface area contributed by atoms with Crippen molar-refractivity contribution in [1.82, 2.24) is 4.72 Å². The smallest absolute Gasteiger partial charge is 0.306 e. The largest absolute Gasteiger partial charge is 0.460 e. The van der Waals surface area contributed by atoms with Crippen LogP contribution in [0.5, 0.6) is 0 Å². The molecule has 1 aromatic carbocycles. The Morgan fingerprint density at radius 3 is 2.24 bits per heavy atom. The van der Waals surface area contributed by atoms with E-state index in [4.69, 9.17) is 4.74 Å². The summed E-state index contributed by atoms with van der Waals surface area (Å²) in [4.78, 5) is 14.4. The molecule has 0 atom stereocenters. The zero-order valence-electron chi connectivity index (χ0n) is 15.4. The summed E-state index contributed by atoms with van der Waals surface area (Å²) in [6.45, 7) is 7.35. The first-order chi connectivity index (χ1) is 11.6. The summed E-state index contributed by atoms with van der Waals surface area (Å²) < 4.78 is 31.2. The van der Waals surface area contributed by atoms with Gasteiger partial charge < -0.3 is 9.64 Å². The molecule has 0 aliphatic carbocycles. The van der Waals surface area contributed by atoms with Gasteiger partial charge in [-0.1, -0.05) is 0 Å². The van der Waals surface area contributed by atoms with Crippen molar-refractivity contribution in [3.63, 3.8) is 0 Å². The first-order valence-electron chi connectivity index (χ1n) is 8.61. The molecule has 25 heavy (non-hydrogen) atoms. The molecule has 1 aromatic rings. The van der Waals surface area contributed by atoms with Gasteiger partial charge >= 0.3 is 5.97 Å². The predicted octanol–water partition coefficient (Wildman–Crippen LogP) is 2.54. The van der Waals surface area contributed by atoms with Crippen LogP contribution in [0.4, 0.5) is 5.69 Å². The molecule has 1 fully saturated rings. The van der Waals surface area contributed by atoms with Crippen LogP contribution in [0.25, 0.3) is 0 Å². The Morgan fingerprint density at radius 1 is 1.20 bits per heavy atom. The second-order valence-corrected chi connectivity index (χ2v) is 9.31. The van der Waals surface area contributed by atoms with Crippen molar-refractivity contribution in [3.05, 3.63) is 24.3 Å². The molecule has 0 radical (unpaired) electrons. The van der Waals surface area contributed by atoms with Crippen LogP contribution >= 0.6 is 0 Å². The molecule has 0 unspecified atom stereocenters. The minimum atomic E-state index is -3.40. The van der Waals surface area contributed by atoms with E-state index < -0.39 is 15.6 Å². The van der Waals surface area contributed by atoms with Crippen LogP contribution in [-0.4, -0.2) is 40.1 Å². The van der Waals surface area contributed by atoms with Crippen LogP contribution in [-0.2, 0) is 19.6 Å². The maximum absolute atomic E-state index is 11.9. The van der Waals surface area contributed by atoms with Gasteiger partial charge in [0.25, 0.3) is 0 Å². The van der Waals surface area contributed by atoms with Crippen LogP contribution in [0.2, 0.25) is 0 Å². The molecular formula is C18H28N2O4S. The Morgan fingerprint density at radius 2 is 1.76 bits per heavy atom. The first-order valence-corrected chi connectivity index (χ1v) is 10.1. The number of hydrogen-bond acceptors (Lipinski definition) is 5. The normalized spacial score (nSPS) is 16.7. The number of nitrogens with zero attached hydrogens (tertiary/aromatic N) is 1. The number of piperidine rings is 1. The highest BCUT2D eigenvalue weighted by Gasteiger charge is 2.24. The highest BCUT2D eigenvalue weighted by Crippen LogP contribution is 2.27. The fraction of sp³-hybridized carbons (Fsp3) is 0.611. The number of hydrogen-bond donors (Lipinski definition) is 1. The Kier molecular flexibility index (Phi) is 6.11. The molecule has 140 valence electrons. The Balaban J connectivity index is 1.89. The van der Waals surface area contributed by atoms with Gasteiger partial charge in [-0.05, 0) is 70.8 Å². The van der Waals surface area contributed by atoms with E-state index in [-0.39, 0.29) is 10.9 Å². The van der Waals surface area contributed by atoms with E-state index in [1.54, 1.807) is 12.1 Å². The summed E-state index contributed by atoms with van der Waals surface area (Å²) >= 11 is 0. The summed E-state index contributed by atoms with van der Waals surface area (Å²) in [6.07, 6.45) is 2.32. The van der Waals surface area contributed by atoms with Crippen molar-refractivity contribution >= 4 is 21.7 Å². The first kappa shape index (κ1) is 19.7. The van der Waals surface area contributed by atoms with Gasteiger partial charge in [0, 0.05) is 25.2 Å². The van der Waals surface area contributed by atoms with Crippen LogP contribution in [0.15, 0.2) is 29.2 Å². The molecule has 0 spiro atoms. The fourth-order valence-corrected chi connectivity index (χ4v) is 3.70. The lowest BCUT2D eigenvalue weighted by molar-refractivity contribution is -0.156. The Bertz CT molecular complexity index is 685. The summed E-state index contributed by atoms with van der Waals surface area (Å²) in [5.74, 6) is 0.211. The lowest BCUT2D eigenvalue weighted by atomic mass is 9.93. The molecule has 0 saturated carbocycles. The number of benzene rings is 1. The molecular weight excluding hydrogens is 340 g/mol. The second-order valence-electron chi connectivity index (χ2n) is 7.42. The Labute approximate surface area is 150 Å². The second kappa shape index (κ2) is 7.74. The number of carbonyl (C=O) groups excluding carboxylic acids is 1. The van der Waals surface area contributed by atoms with Crippen LogP contribution in [0.1, 0.15) is 40.0 Å². The quantitative estimate of drug-likeness (QED) is 0.809. The summed E-state index contributed by atoms with van der Waals surface area (Å²) in [6, 6.07) is 6.90. The van der Waals surface area contributed by atoms with Crippen molar-refractivity contribution in [3.8, 4) is 0 Å². The summed E-state index contributed by atoms with van der Waals surface area (Å²) in [7, 11) is -2.00. The van der Waals surface area contributed by atoms with E-state index in [1.165, 1.54) is 7.05 Å². The molecule has 1 heterocycles.